The maximum atomic E-state index is 13.2. The van der Waals surface area contributed by atoms with Crippen LogP contribution in [0.25, 0.3) is 0 Å². The Kier molecular flexibility index (Phi) is 7.13. The normalized spacial score (nSPS) is 21.1. The predicted molar refractivity (Wildman–Crippen MR) is 109 cm³/mol. The van der Waals surface area contributed by atoms with E-state index in [-0.39, 0.29) is 17.9 Å². The molecule has 1 atom stereocenters. The second-order valence-electron chi connectivity index (χ2n) is 7.77. The molecule has 0 bridgehead atoms. The Morgan fingerprint density at radius 1 is 1.19 bits per heavy atom. The highest BCUT2D eigenvalue weighted by Gasteiger charge is 2.31. The van der Waals surface area contributed by atoms with E-state index in [0.717, 1.165) is 50.9 Å². The fraction of sp³-hybridized carbons (Fsp3) is 0.591. The molecule has 0 radical (unpaired) electrons. The van der Waals surface area contributed by atoms with Crippen LogP contribution in [0.2, 0.25) is 0 Å². The van der Waals surface area contributed by atoms with Crippen LogP contribution in [-0.4, -0.2) is 42.6 Å². The molecule has 1 aromatic rings. The smallest absolute Gasteiger partial charge is 0.317 e. The van der Waals surface area contributed by atoms with Gasteiger partial charge in [0, 0.05) is 31.4 Å². The molecule has 2 fully saturated rings. The molecule has 1 unspecified atom stereocenters. The number of nitrogens with one attached hydrogen (secondary N) is 1. The molecule has 0 spiro atoms. The number of benzene rings is 1. The Hall–Kier alpha value is -2.04. The minimum absolute atomic E-state index is 0.0873. The number of carbonyl (C=O) groups excluding carboxylic acids is 1. The highest BCUT2D eigenvalue weighted by Crippen LogP contribution is 2.23. The van der Waals surface area contributed by atoms with E-state index in [1.54, 1.807) is 0 Å². The first-order chi connectivity index (χ1) is 13.2. The number of hydrogen-bond acceptors (Lipinski definition) is 2. The van der Waals surface area contributed by atoms with Gasteiger partial charge in [-0.3, -0.25) is 0 Å². The van der Waals surface area contributed by atoms with Crippen molar-refractivity contribution in [2.75, 3.05) is 24.5 Å². The van der Waals surface area contributed by atoms with Gasteiger partial charge in [0.1, 0.15) is 5.82 Å². The molecule has 148 valence electrons. The van der Waals surface area contributed by atoms with E-state index in [1.165, 1.54) is 31.4 Å². The summed E-state index contributed by atoms with van der Waals surface area (Å²) in [6.07, 6.45) is 10.8. The second-order valence-corrected chi connectivity index (χ2v) is 7.77. The van der Waals surface area contributed by atoms with E-state index >= 15 is 0 Å². The van der Waals surface area contributed by atoms with Gasteiger partial charge in [-0.2, -0.15) is 0 Å². The molecule has 1 saturated heterocycles. The van der Waals surface area contributed by atoms with Crippen LogP contribution in [0, 0.1) is 5.82 Å². The third-order valence-electron chi connectivity index (χ3n) is 5.81. The predicted octanol–water partition coefficient (Wildman–Crippen LogP) is 4.71. The van der Waals surface area contributed by atoms with Crippen LogP contribution in [0.15, 0.2) is 36.9 Å². The first-order valence-corrected chi connectivity index (χ1v) is 10.4. The van der Waals surface area contributed by atoms with Crippen LogP contribution >= 0.6 is 0 Å². The zero-order chi connectivity index (χ0) is 19.1. The van der Waals surface area contributed by atoms with Gasteiger partial charge in [-0.05, 0) is 56.4 Å². The first-order valence-electron chi connectivity index (χ1n) is 10.4. The molecule has 0 aromatic heterocycles. The summed E-state index contributed by atoms with van der Waals surface area (Å²) in [6.45, 7) is 6.08. The largest absolute Gasteiger partial charge is 0.368 e. The van der Waals surface area contributed by atoms with Crippen LogP contribution in [0.5, 0.6) is 0 Å². The summed E-state index contributed by atoms with van der Waals surface area (Å²) in [4.78, 5) is 17.2. The van der Waals surface area contributed by atoms with Crippen molar-refractivity contribution in [3.63, 3.8) is 0 Å². The number of halogens is 1. The summed E-state index contributed by atoms with van der Waals surface area (Å²) in [5.74, 6) is -0.216. The molecule has 5 heteroatoms. The maximum absolute atomic E-state index is 13.2. The van der Waals surface area contributed by atoms with Gasteiger partial charge in [0.2, 0.25) is 0 Å². The molecule has 1 heterocycles. The van der Waals surface area contributed by atoms with Crippen molar-refractivity contribution in [3.8, 4) is 0 Å². The summed E-state index contributed by atoms with van der Waals surface area (Å²) < 4.78 is 13.2. The highest BCUT2D eigenvalue weighted by atomic mass is 19.1. The Labute approximate surface area is 162 Å². The molecule has 1 saturated carbocycles. The lowest BCUT2D eigenvalue weighted by Crippen LogP contribution is -2.59. The van der Waals surface area contributed by atoms with Gasteiger partial charge in [0.15, 0.2) is 0 Å². The van der Waals surface area contributed by atoms with E-state index in [2.05, 4.69) is 16.8 Å². The lowest BCUT2D eigenvalue weighted by Gasteiger charge is -2.43. The highest BCUT2D eigenvalue weighted by molar-refractivity contribution is 5.75. The van der Waals surface area contributed by atoms with E-state index in [4.69, 9.17) is 0 Å². The number of anilines is 1. The fourth-order valence-corrected chi connectivity index (χ4v) is 4.26. The molecule has 1 aromatic carbocycles. The molecule has 1 aliphatic carbocycles. The SMILES string of the molecule is C=CCCCC1CN(c2ccc(F)cc2)CCN1C(=O)NC1CCCCC1. The summed E-state index contributed by atoms with van der Waals surface area (Å²) in [5.41, 5.74) is 1.03. The zero-order valence-corrected chi connectivity index (χ0v) is 16.2. The minimum atomic E-state index is -0.216. The number of amides is 2. The first kappa shape index (κ1) is 19.7. The Bertz CT molecular complexity index is 612. The average Bonchev–Trinajstić information content (AvgIpc) is 2.69. The number of nitrogens with zero attached hydrogens (tertiary/aromatic N) is 2. The molecule has 2 aliphatic rings. The van der Waals surface area contributed by atoms with E-state index in [1.807, 2.05) is 23.1 Å². The molecule has 4 nitrogen and oxygen atoms in total. The van der Waals surface area contributed by atoms with Crippen molar-refractivity contribution < 1.29 is 9.18 Å². The maximum Gasteiger partial charge on any atom is 0.317 e. The van der Waals surface area contributed by atoms with Crippen LogP contribution in [0.3, 0.4) is 0 Å². The monoisotopic (exact) mass is 373 g/mol. The number of allylic oxidation sites excluding steroid dienone is 1. The second kappa shape index (κ2) is 9.77. The Morgan fingerprint density at radius 2 is 1.93 bits per heavy atom. The van der Waals surface area contributed by atoms with Crippen molar-refractivity contribution in [1.82, 2.24) is 10.2 Å². The van der Waals surface area contributed by atoms with E-state index < -0.39 is 0 Å². The van der Waals surface area contributed by atoms with E-state index in [9.17, 15) is 9.18 Å². The number of carbonyl (C=O) groups is 1. The molecule has 27 heavy (non-hydrogen) atoms. The topological polar surface area (TPSA) is 35.6 Å². The summed E-state index contributed by atoms with van der Waals surface area (Å²) in [7, 11) is 0. The van der Waals surface area contributed by atoms with Crippen LogP contribution in [-0.2, 0) is 0 Å². The molecule has 1 N–H and O–H groups in total. The number of rotatable bonds is 6. The van der Waals surface area contributed by atoms with Gasteiger partial charge in [-0.1, -0.05) is 25.3 Å². The number of unbranched alkanes of at least 4 members (excludes halogenated alkanes) is 1. The van der Waals surface area contributed by atoms with Crippen molar-refractivity contribution in [2.45, 2.75) is 63.5 Å². The Morgan fingerprint density at radius 3 is 2.63 bits per heavy atom. The van der Waals surface area contributed by atoms with Crippen molar-refractivity contribution in [3.05, 3.63) is 42.7 Å². The third-order valence-corrected chi connectivity index (χ3v) is 5.81. The molecular weight excluding hydrogens is 341 g/mol. The van der Waals surface area contributed by atoms with E-state index in [0.29, 0.717) is 12.6 Å². The molecule has 2 amide bonds. The van der Waals surface area contributed by atoms with Crippen molar-refractivity contribution in [1.29, 1.82) is 0 Å². The van der Waals surface area contributed by atoms with Crippen molar-refractivity contribution >= 4 is 11.7 Å². The minimum Gasteiger partial charge on any atom is -0.368 e. The number of urea groups is 1. The quantitative estimate of drug-likeness (QED) is 0.579. The van der Waals surface area contributed by atoms with Gasteiger partial charge in [-0.25, -0.2) is 9.18 Å². The number of hydrogen-bond donors (Lipinski definition) is 1. The standard InChI is InChI=1S/C22H32FN3O/c1-2-3-5-10-21-17-25(20-13-11-18(23)12-14-20)15-16-26(21)22(27)24-19-8-6-4-7-9-19/h2,11-14,19,21H,1,3-10,15-17H2,(H,24,27). The number of piperazine rings is 1. The average molecular weight is 374 g/mol. The van der Waals surface area contributed by atoms with Gasteiger partial charge < -0.3 is 15.1 Å². The fourth-order valence-electron chi connectivity index (χ4n) is 4.26. The summed E-state index contributed by atoms with van der Waals surface area (Å²) in [6, 6.07) is 7.25. The third kappa shape index (κ3) is 5.47. The lowest BCUT2D eigenvalue weighted by molar-refractivity contribution is 0.155. The van der Waals surface area contributed by atoms with Crippen molar-refractivity contribution in [2.24, 2.45) is 0 Å². The van der Waals surface area contributed by atoms with Gasteiger partial charge >= 0.3 is 6.03 Å². The van der Waals surface area contributed by atoms with Gasteiger partial charge in [-0.15, -0.1) is 6.58 Å². The summed E-state index contributed by atoms with van der Waals surface area (Å²) >= 11 is 0. The summed E-state index contributed by atoms with van der Waals surface area (Å²) in [5, 5.41) is 3.27. The zero-order valence-electron chi connectivity index (χ0n) is 16.2. The van der Waals surface area contributed by atoms with Crippen LogP contribution < -0.4 is 10.2 Å². The Balaban J connectivity index is 1.64. The molecule has 1 aliphatic heterocycles. The van der Waals surface area contributed by atoms with Crippen LogP contribution in [0.1, 0.15) is 51.4 Å². The van der Waals surface area contributed by atoms with Crippen LogP contribution in [0.4, 0.5) is 14.9 Å². The lowest BCUT2D eigenvalue weighted by atomic mass is 9.95. The molecular formula is C22H32FN3O. The molecule has 3 rings (SSSR count). The van der Waals surface area contributed by atoms with Gasteiger partial charge in [0.05, 0.1) is 6.04 Å². The van der Waals surface area contributed by atoms with Gasteiger partial charge in [0.25, 0.3) is 0 Å².